The van der Waals surface area contributed by atoms with Crippen LogP contribution in [-0.2, 0) is 37.2 Å². The summed E-state index contributed by atoms with van der Waals surface area (Å²) in [5.74, 6) is 0. The van der Waals surface area contributed by atoms with Crippen LogP contribution in [0.2, 0.25) is 5.02 Å². The van der Waals surface area contributed by atoms with Crippen LogP contribution in [-0.4, -0.2) is 71.7 Å². The lowest BCUT2D eigenvalue weighted by Gasteiger charge is -2.37. The zero-order valence-corrected chi connectivity index (χ0v) is 34.3. The summed E-state index contributed by atoms with van der Waals surface area (Å²) in [5.41, 5.74) is 1.14. The lowest BCUT2D eigenvalue weighted by Crippen LogP contribution is -2.45. The Bertz CT molecular complexity index is 2580. The van der Waals surface area contributed by atoms with Crippen molar-refractivity contribution in [3.63, 3.8) is 0 Å². The first-order valence-electron chi connectivity index (χ1n) is 17.8. The van der Waals surface area contributed by atoms with E-state index in [-0.39, 0.29) is 0 Å². The molecule has 306 valence electrons. The van der Waals surface area contributed by atoms with E-state index in [2.05, 4.69) is 24.7 Å². The average Bonchev–Trinajstić information content (AvgIpc) is 3.76. The van der Waals surface area contributed by atoms with Crippen LogP contribution in [0.3, 0.4) is 0 Å². The Labute approximate surface area is 334 Å². The van der Waals surface area contributed by atoms with Crippen LogP contribution in [0, 0.1) is 0 Å². The van der Waals surface area contributed by atoms with E-state index in [1.807, 2.05) is 25.1 Å². The van der Waals surface area contributed by atoms with Gasteiger partial charge in [-0.05, 0) is 80.3 Å². The Hall–Kier alpha value is -4.68. The van der Waals surface area contributed by atoms with Gasteiger partial charge >= 0.3 is 6.18 Å². The van der Waals surface area contributed by atoms with Gasteiger partial charge in [0.15, 0.2) is 0 Å². The van der Waals surface area contributed by atoms with E-state index in [9.17, 15) is 40.2 Å². The fourth-order valence-electron chi connectivity index (χ4n) is 7.45. The molecule has 0 radical (unpaired) electrons. The molecule has 0 fully saturated rings. The molecular weight excluding hydrogens is 805 g/mol. The zero-order valence-electron chi connectivity index (χ0n) is 31.9. The molecule has 57 heavy (non-hydrogen) atoms. The van der Waals surface area contributed by atoms with Crippen molar-refractivity contribution in [2.45, 2.75) is 69.9 Å². The van der Waals surface area contributed by atoms with E-state index in [0.717, 1.165) is 35.6 Å². The molecule has 2 heterocycles. The van der Waals surface area contributed by atoms with Crippen LogP contribution in [0.4, 0.5) is 24.5 Å². The number of hydrogen-bond donors (Lipinski definition) is 5. The molecule has 2 aromatic heterocycles. The molecule has 0 aliphatic heterocycles. The number of alkyl halides is 3. The van der Waals surface area contributed by atoms with E-state index < -0.39 is 54.9 Å². The highest BCUT2D eigenvalue weighted by Gasteiger charge is 2.42. The number of fused-ring (bicyclic) bond motifs is 2. The molecule has 0 saturated heterocycles. The van der Waals surface area contributed by atoms with Crippen molar-refractivity contribution in [1.29, 1.82) is 0 Å². The monoisotopic (exact) mass is 848 g/mol. The number of sulfonamides is 2. The van der Waals surface area contributed by atoms with E-state index in [4.69, 9.17) is 11.6 Å². The summed E-state index contributed by atoms with van der Waals surface area (Å²) in [4.78, 5) is 0. The van der Waals surface area contributed by atoms with Crippen molar-refractivity contribution in [1.82, 2.24) is 20.0 Å². The highest BCUT2D eigenvalue weighted by atomic mass is 35.5. The van der Waals surface area contributed by atoms with Gasteiger partial charge in [-0.1, -0.05) is 67.9 Å². The van der Waals surface area contributed by atoms with E-state index in [1.165, 1.54) is 18.3 Å². The predicted octanol–water partition coefficient (Wildman–Crippen LogP) is 7.63. The molecule has 4 aromatic carbocycles. The molecule has 0 aliphatic rings. The topological polar surface area (TPSA) is 179 Å². The van der Waals surface area contributed by atoms with Crippen molar-refractivity contribution in [3.05, 3.63) is 119 Å². The number of aliphatic hydroxyl groups is 2. The minimum absolute atomic E-state index is 0.323. The first kappa shape index (κ1) is 43.4. The zero-order chi connectivity index (χ0) is 42.1. The number of aromatic amines is 1. The molecule has 4 unspecified atom stereocenters. The van der Waals surface area contributed by atoms with Gasteiger partial charge < -0.3 is 10.2 Å². The maximum absolute atomic E-state index is 13.0. The second kappa shape index (κ2) is 16.3. The molecule has 5 N–H and O–H groups in total. The Morgan fingerprint density at radius 2 is 1.30 bits per heavy atom. The summed E-state index contributed by atoms with van der Waals surface area (Å²) < 4.78 is 92.2. The molecule has 18 heteroatoms. The number of benzene rings is 4. The van der Waals surface area contributed by atoms with Gasteiger partial charge in [-0.2, -0.15) is 23.4 Å². The van der Waals surface area contributed by atoms with Crippen LogP contribution < -0.4 is 9.44 Å². The highest BCUT2D eigenvalue weighted by Crippen LogP contribution is 2.43. The molecule has 0 bridgehead atoms. The van der Waals surface area contributed by atoms with Gasteiger partial charge in [0.2, 0.25) is 20.0 Å². The number of para-hydroxylation sites is 1. The summed E-state index contributed by atoms with van der Waals surface area (Å²) in [6.45, 7) is 7.07. The molecule has 0 saturated carbocycles. The van der Waals surface area contributed by atoms with Crippen LogP contribution in [0.5, 0.6) is 0 Å². The second-order valence-electron chi connectivity index (χ2n) is 13.9. The molecule has 6 aromatic rings. The number of halogens is 4. The molecule has 12 nitrogen and oxygen atoms in total. The smallest absolute Gasteiger partial charge is 0.392 e. The predicted molar refractivity (Wildman–Crippen MR) is 217 cm³/mol. The van der Waals surface area contributed by atoms with Crippen molar-refractivity contribution < 1.29 is 40.2 Å². The normalized spacial score (nSPS) is 15.6. The van der Waals surface area contributed by atoms with Gasteiger partial charge in [0.1, 0.15) is 5.54 Å². The number of anilines is 2. The molecule has 4 atom stereocenters. The van der Waals surface area contributed by atoms with Gasteiger partial charge in [0.25, 0.3) is 0 Å². The molecular formula is C39H44ClF3N6O6S2. The standard InChI is InChI=1S/C20H22F3N3O3S.C19H22ClN3O3S/c1-4-19(13(2)27,14-8-10-15(11-9-14)20(21,22)23)26-18-7-5-6-17(16(18)12-24-26)25-30(3,28)29;1-4-19(12(2)24,13-8-10-14(20)11-9-13)18-15-6-5-7-16(17(15)21-22-18)23-27(3,25)26/h5-13,25,27H,4H2,1-3H3;5-12,23-24H,4H2,1-3H3,(H,21,22). The number of rotatable bonds is 12. The van der Waals surface area contributed by atoms with Crippen molar-refractivity contribution in [2.24, 2.45) is 0 Å². The Morgan fingerprint density at radius 3 is 1.82 bits per heavy atom. The van der Waals surface area contributed by atoms with Crippen LogP contribution in [0.1, 0.15) is 62.9 Å². The molecule has 0 spiro atoms. The maximum Gasteiger partial charge on any atom is 0.416 e. The SMILES string of the molecule is CCC(c1ccc(C(F)(F)F)cc1)(C(C)O)n1ncc2c(NS(C)(=O)=O)cccc21.CCC(c1ccc(Cl)cc1)(c1n[nH]c2c(NS(C)(=O)=O)cccc12)C(C)O. The number of nitrogens with zero attached hydrogens (tertiary/aromatic N) is 3. The third-order valence-corrected chi connectivity index (χ3v) is 11.6. The van der Waals surface area contributed by atoms with E-state index in [1.54, 1.807) is 67.9 Å². The summed E-state index contributed by atoms with van der Waals surface area (Å²) in [5, 5.41) is 35.2. The summed E-state index contributed by atoms with van der Waals surface area (Å²) in [6.07, 6.45) is -1.68. The van der Waals surface area contributed by atoms with Crippen LogP contribution in [0.15, 0.2) is 91.1 Å². The largest absolute Gasteiger partial charge is 0.416 e. The summed E-state index contributed by atoms with van der Waals surface area (Å²) in [6, 6.07) is 22.2. The third-order valence-electron chi connectivity index (χ3n) is 10.2. The second-order valence-corrected chi connectivity index (χ2v) is 17.8. The quantitative estimate of drug-likeness (QED) is 0.0835. The van der Waals surface area contributed by atoms with Crippen molar-refractivity contribution in [2.75, 3.05) is 22.0 Å². The maximum atomic E-state index is 13.0. The number of aromatic nitrogens is 4. The van der Waals surface area contributed by atoms with Crippen molar-refractivity contribution in [3.8, 4) is 0 Å². The molecule has 6 rings (SSSR count). The molecule has 0 aliphatic carbocycles. The summed E-state index contributed by atoms with van der Waals surface area (Å²) in [7, 11) is -6.97. The first-order chi connectivity index (χ1) is 26.6. The van der Waals surface area contributed by atoms with Gasteiger partial charge in [0.05, 0.1) is 70.0 Å². The van der Waals surface area contributed by atoms with Crippen LogP contribution >= 0.6 is 11.6 Å². The lowest BCUT2D eigenvalue weighted by molar-refractivity contribution is -0.137. The fourth-order valence-corrected chi connectivity index (χ4v) is 8.73. The number of H-pyrrole nitrogens is 1. The van der Waals surface area contributed by atoms with Gasteiger partial charge in [-0.15, -0.1) is 0 Å². The number of nitrogens with one attached hydrogen (secondary N) is 3. The lowest BCUT2D eigenvalue weighted by atomic mass is 9.70. The van der Waals surface area contributed by atoms with Crippen LogP contribution in [0.25, 0.3) is 21.8 Å². The minimum Gasteiger partial charge on any atom is -0.392 e. The average molecular weight is 849 g/mol. The number of aliphatic hydroxyl groups excluding tert-OH is 2. The van der Waals surface area contributed by atoms with Crippen molar-refractivity contribution >= 4 is 64.8 Å². The molecule has 0 amide bonds. The Morgan fingerprint density at radius 1 is 0.754 bits per heavy atom. The van der Waals surface area contributed by atoms with E-state index in [0.29, 0.717) is 56.9 Å². The fraction of sp³-hybridized carbons (Fsp3) is 0.333. The summed E-state index contributed by atoms with van der Waals surface area (Å²) >= 11 is 6.04. The highest BCUT2D eigenvalue weighted by molar-refractivity contribution is 7.92. The van der Waals surface area contributed by atoms with Gasteiger partial charge in [-0.25, -0.2) is 16.8 Å². The Kier molecular flexibility index (Phi) is 12.4. The number of hydrogen-bond acceptors (Lipinski definition) is 8. The van der Waals surface area contributed by atoms with E-state index >= 15 is 0 Å². The Balaban J connectivity index is 0.000000219. The third kappa shape index (κ3) is 8.77. The minimum atomic E-state index is -4.47. The first-order valence-corrected chi connectivity index (χ1v) is 21.9. The van der Waals surface area contributed by atoms with Gasteiger partial charge in [-0.3, -0.25) is 19.2 Å². The van der Waals surface area contributed by atoms with Gasteiger partial charge in [0, 0.05) is 15.8 Å².